The summed E-state index contributed by atoms with van der Waals surface area (Å²) in [5.41, 5.74) is 2.11. The van der Waals surface area contributed by atoms with E-state index < -0.39 is 5.91 Å². The van der Waals surface area contributed by atoms with E-state index in [1.807, 2.05) is 12.1 Å². The van der Waals surface area contributed by atoms with E-state index in [0.29, 0.717) is 82.1 Å². The van der Waals surface area contributed by atoms with E-state index in [0.717, 1.165) is 42.8 Å². The number of benzene rings is 1. The van der Waals surface area contributed by atoms with Gasteiger partial charge in [-0.25, -0.2) is 15.0 Å². The Labute approximate surface area is 343 Å². The molecule has 1 atom stereocenters. The van der Waals surface area contributed by atoms with Crippen molar-refractivity contribution in [1.82, 2.24) is 34.7 Å². The first-order valence-corrected chi connectivity index (χ1v) is 19.8. The molecular weight excluding hydrogens is 763 g/mol. The van der Waals surface area contributed by atoms with Crippen molar-refractivity contribution in [2.24, 2.45) is 0 Å². The second-order valence-electron chi connectivity index (χ2n) is 14.3. The molecule has 0 radical (unpaired) electrons. The molecule has 0 bridgehead atoms. The van der Waals surface area contributed by atoms with Crippen LogP contribution in [-0.4, -0.2) is 133 Å². The fourth-order valence-electron chi connectivity index (χ4n) is 6.59. The van der Waals surface area contributed by atoms with E-state index in [2.05, 4.69) is 43.9 Å². The van der Waals surface area contributed by atoms with Crippen LogP contribution in [0.5, 0.6) is 5.75 Å². The minimum absolute atomic E-state index is 0.0844. The number of piperidine rings is 1. The van der Waals surface area contributed by atoms with Gasteiger partial charge in [0.05, 0.1) is 56.4 Å². The summed E-state index contributed by atoms with van der Waals surface area (Å²) >= 11 is 0. The maximum atomic E-state index is 13.1. The molecule has 4 heterocycles. The van der Waals surface area contributed by atoms with Crippen LogP contribution < -0.4 is 20.3 Å². The standard InChI is InChI=1S/C41H55N9O9/c1-28(2)50-35-23-37(46-36-10-13-42-41(47-36)49-14-11-31(55-5)12-15-49)43-24-34(35)45-38(50)26-58-19-18-56-16-17-57-20-21-59-32-7-8-33(30(22-32)25-51)40(54)48(4)29(3)6-9-39(53)44-27-52/h7-8,10,13,22-25,27-29,31H,6,9,11-12,14-21,26H2,1-5H3,(H,44,52,53)(H,42,43,46,47). The van der Waals surface area contributed by atoms with Gasteiger partial charge in [0.1, 0.15) is 41.9 Å². The molecule has 3 aromatic heterocycles. The van der Waals surface area contributed by atoms with Crippen LogP contribution in [0, 0.1) is 0 Å². The summed E-state index contributed by atoms with van der Waals surface area (Å²) in [5.74, 6) is 2.42. The lowest BCUT2D eigenvalue weighted by Crippen LogP contribution is -2.37. The number of imide groups is 1. The highest BCUT2D eigenvalue weighted by Gasteiger charge is 2.23. The van der Waals surface area contributed by atoms with Gasteiger partial charge in [0.25, 0.3) is 5.91 Å². The van der Waals surface area contributed by atoms with E-state index >= 15 is 0 Å². The van der Waals surface area contributed by atoms with Gasteiger partial charge >= 0.3 is 0 Å². The molecule has 0 spiro atoms. The third-order valence-electron chi connectivity index (χ3n) is 9.97. The zero-order valence-corrected chi connectivity index (χ0v) is 34.4. The van der Waals surface area contributed by atoms with Crippen molar-refractivity contribution >= 4 is 53.1 Å². The minimum atomic E-state index is -0.423. The summed E-state index contributed by atoms with van der Waals surface area (Å²) in [6.45, 7) is 9.99. The van der Waals surface area contributed by atoms with Crippen molar-refractivity contribution < 1.29 is 42.9 Å². The van der Waals surface area contributed by atoms with Crippen molar-refractivity contribution in [2.75, 3.05) is 77.1 Å². The minimum Gasteiger partial charge on any atom is -0.491 e. The number of carbonyl (C=O) groups is 4. The summed E-state index contributed by atoms with van der Waals surface area (Å²) in [7, 11) is 3.35. The highest BCUT2D eigenvalue weighted by Crippen LogP contribution is 2.26. The normalized spacial score (nSPS) is 13.7. The quantitative estimate of drug-likeness (QED) is 0.0755. The number of hydrogen-bond acceptors (Lipinski definition) is 15. The number of aldehydes is 1. The molecule has 4 aromatic rings. The van der Waals surface area contributed by atoms with Gasteiger partial charge in [-0.2, -0.15) is 4.98 Å². The number of fused-ring (bicyclic) bond motifs is 1. The molecule has 1 fully saturated rings. The van der Waals surface area contributed by atoms with Gasteiger partial charge in [-0.1, -0.05) is 0 Å². The lowest BCUT2D eigenvalue weighted by atomic mass is 10.0. The zero-order valence-electron chi connectivity index (χ0n) is 34.4. The molecule has 5 rings (SSSR count). The summed E-state index contributed by atoms with van der Waals surface area (Å²) in [6.07, 6.45) is 7.03. The van der Waals surface area contributed by atoms with Gasteiger partial charge < -0.3 is 43.4 Å². The predicted octanol–water partition coefficient (Wildman–Crippen LogP) is 4.12. The molecule has 1 aliphatic rings. The number of ether oxygens (including phenoxy) is 5. The summed E-state index contributed by atoms with van der Waals surface area (Å²) < 4.78 is 30.6. The molecular formula is C41H55N9O9. The lowest BCUT2D eigenvalue weighted by molar-refractivity contribution is -0.125. The third kappa shape index (κ3) is 12.7. The first kappa shape index (κ1) is 44.5. The number of pyridine rings is 1. The van der Waals surface area contributed by atoms with Crippen LogP contribution in [0.2, 0.25) is 0 Å². The van der Waals surface area contributed by atoms with Gasteiger partial charge in [-0.3, -0.25) is 24.5 Å². The smallest absolute Gasteiger partial charge is 0.254 e. The fraction of sp³-hybridized carbons (Fsp3) is 0.512. The molecule has 59 heavy (non-hydrogen) atoms. The van der Waals surface area contributed by atoms with Crippen molar-refractivity contribution in [1.29, 1.82) is 0 Å². The van der Waals surface area contributed by atoms with Crippen molar-refractivity contribution in [3.63, 3.8) is 0 Å². The van der Waals surface area contributed by atoms with Gasteiger partial charge in [-0.15, -0.1) is 0 Å². The number of amides is 3. The average Bonchev–Trinajstić information content (AvgIpc) is 3.62. The van der Waals surface area contributed by atoms with Gasteiger partial charge in [0.2, 0.25) is 18.3 Å². The SMILES string of the molecule is COC1CCN(c2nccc(Nc3cc4c(cn3)nc(COCCOCCOCCOc3ccc(C(=O)N(C)C(C)CCC(=O)NC=O)c(C=O)c3)n4C(C)C)n2)CC1. The largest absolute Gasteiger partial charge is 0.491 e. The zero-order chi connectivity index (χ0) is 42.1. The summed E-state index contributed by atoms with van der Waals surface area (Å²) in [5, 5.41) is 5.41. The van der Waals surface area contributed by atoms with E-state index in [1.54, 1.807) is 39.5 Å². The Balaban J connectivity index is 0.990. The number of rotatable bonds is 24. The molecule has 0 saturated carbocycles. The molecule has 1 saturated heterocycles. The first-order valence-electron chi connectivity index (χ1n) is 19.8. The lowest BCUT2D eigenvalue weighted by Gasteiger charge is -2.31. The molecule has 18 nitrogen and oxygen atoms in total. The summed E-state index contributed by atoms with van der Waals surface area (Å²) in [4.78, 5) is 69.1. The monoisotopic (exact) mass is 817 g/mol. The number of carbonyl (C=O) groups excluding carboxylic acids is 4. The predicted molar refractivity (Wildman–Crippen MR) is 219 cm³/mol. The topological polar surface area (TPSA) is 201 Å². The van der Waals surface area contributed by atoms with Crippen LogP contribution in [0.25, 0.3) is 11.0 Å². The Morgan fingerprint density at radius 2 is 1.66 bits per heavy atom. The number of hydrogen-bond donors (Lipinski definition) is 2. The summed E-state index contributed by atoms with van der Waals surface area (Å²) in [6, 6.07) is 8.29. The van der Waals surface area contributed by atoms with Crippen molar-refractivity contribution in [2.45, 2.75) is 71.2 Å². The number of anilines is 3. The molecule has 318 valence electrons. The van der Waals surface area contributed by atoms with Crippen LogP contribution in [-0.2, 0) is 35.1 Å². The van der Waals surface area contributed by atoms with E-state index in [-0.39, 0.29) is 48.2 Å². The van der Waals surface area contributed by atoms with Crippen LogP contribution in [0.15, 0.2) is 42.7 Å². The number of aromatic nitrogens is 5. The third-order valence-corrected chi connectivity index (χ3v) is 9.97. The highest BCUT2D eigenvalue weighted by molar-refractivity contribution is 6.01. The Bertz CT molecular complexity index is 2000. The molecule has 1 aromatic carbocycles. The van der Waals surface area contributed by atoms with Crippen LogP contribution in [0.4, 0.5) is 17.6 Å². The molecule has 2 N–H and O–H groups in total. The van der Waals surface area contributed by atoms with Crippen molar-refractivity contribution in [3.05, 3.63) is 59.7 Å². The molecule has 18 heteroatoms. The Morgan fingerprint density at radius 3 is 2.36 bits per heavy atom. The van der Waals surface area contributed by atoms with Gasteiger partial charge in [0.15, 0.2) is 6.29 Å². The van der Waals surface area contributed by atoms with Gasteiger partial charge in [-0.05, 0) is 64.3 Å². The molecule has 3 amide bonds. The highest BCUT2D eigenvalue weighted by atomic mass is 16.6. The maximum Gasteiger partial charge on any atom is 0.254 e. The molecule has 0 aliphatic carbocycles. The maximum absolute atomic E-state index is 13.1. The number of nitrogens with one attached hydrogen (secondary N) is 2. The van der Waals surface area contributed by atoms with Crippen LogP contribution in [0.3, 0.4) is 0 Å². The average molecular weight is 818 g/mol. The Kier molecular flexibility index (Phi) is 17.0. The van der Waals surface area contributed by atoms with E-state index in [1.165, 1.54) is 17.0 Å². The molecule has 1 aliphatic heterocycles. The first-order chi connectivity index (χ1) is 28.6. The molecule has 1 unspecified atom stereocenters. The van der Waals surface area contributed by atoms with Crippen LogP contribution in [0.1, 0.15) is 79.0 Å². The second-order valence-corrected chi connectivity index (χ2v) is 14.3. The second kappa shape index (κ2) is 22.6. The van der Waals surface area contributed by atoms with Crippen LogP contribution >= 0.6 is 0 Å². The Hall–Kier alpha value is -5.56. The van der Waals surface area contributed by atoms with E-state index in [4.69, 9.17) is 33.7 Å². The fourth-order valence-corrected chi connectivity index (χ4v) is 6.59. The van der Waals surface area contributed by atoms with E-state index in [9.17, 15) is 19.2 Å². The number of imidazole rings is 1. The van der Waals surface area contributed by atoms with Crippen molar-refractivity contribution in [3.8, 4) is 5.75 Å². The number of methoxy groups -OCH3 is 1. The number of nitrogens with zero attached hydrogens (tertiary/aromatic N) is 7. The Morgan fingerprint density at radius 1 is 0.932 bits per heavy atom. The van der Waals surface area contributed by atoms with Gasteiger partial charge in [0, 0.05) is 63.6 Å².